The molecule has 0 radical (unpaired) electrons. The highest BCUT2D eigenvalue weighted by molar-refractivity contribution is 5.89. The van der Waals surface area contributed by atoms with Crippen molar-refractivity contribution in [2.24, 2.45) is 0 Å². The number of ether oxygens (including phenoxy) is 1. The van der Waals surface area contributed by atoms with Gasteiger partial charge in [0.2, 0.25) is 0 Å². The zero-order valence-corrected chi connectivity index (χ0v) is 14.8. The number of benzene rings is 1. The van der Waals surface area contributed by atoms with E-state index in [1.165, 1.54) is 24.1 Å². The minimum Gasteiger partial charge on any atom is -0.465 e. The molecule has 3 rings (SSSR count). The zero-order valence-electron chi connectivity index (χ0n) is 14.8. The molecule has 2 aromatic rings. The molecule has 0 fully saturated rings. The molecule has 1 aromatic heterocycles. The Bertz CT molecular complexity index is 739. The van der Waals surface area contributed by atoms with Crippen LogP contribution in [-0.2, 0) is 29.7 Å². The van der Waals surface area contributed by atoms with E-state index in [1.54, 1.807) is 0 Å². The van der Waals surface area contributed by atoms with Crippen molar-refractivity contribution < 1.29 is 9.53 Å². The maximum atomic E-state index is 11.5. The first-order chi connectivity index (χ1) is 11.4. The van der Waals surface area contributed by atoms with E-state index in [4.69, 9.17) is 9.84 Å². The average Bonchev–Trinajstić information content (AvgIpc) is 2.94. The molecule has 5 heteroatoms. The molecule has 0 unspecified atom stereocenters. The molecule has 0 spiro atoms. The Morgan fingerprint density at radius 2 is 2.00 bits per heavy atom. The van der Waals surface area contributed by atoms with Crippen LogP contribution in [0.2, 0.25) is 0 Å². The van der Waals surface area contributed by atoms with Crippen LogP contribution in [0, 0.1) is 0 Å². The summed E-state index contributed by atoms with van der Waals surface area (Å²) in [6.07, 6.45) is 0.999. The minimum atomic E-state index is -0.306. The van der Waals surface area contributed by atoms with E-state index in [-0.39, 0.29) is 11.4 Å². The Labute approximate surface area is 143 Å². The summed E-state index contributed by atoms with van der Waals surface area (Å²) in [5.74, 6) is -0.306. The zero-order chi connectivity index (χ0) is 17.3. The van der Waals surface area contributed by atoms with Gasteiger partial charge < -0.3 is 10.1 Å². The number of esters is 1. The lowest BCUT2D eigenvalue weighted by molar-refractivity contribution is 0.0600. The molecule has 1 N–H and O–H groups in total. The van der Waals surface area contributed by atoms with Crippen molar-refractivity contribution in [3.63, 3.8) is 0 Å². The summed E-state index contributed by atoms with van der Waals surface area (Å²) >= 11 is 0. The van der Waals surface area contributed by atoms with Crippen LogP contribution in [-0.4, -0.2) is 29.4 Å². The van der Waals surface area contributed by atoms with Gasteiger partial charge in [0, 0.05) is 36.2 Å². The van der Waals surface area contributed by atoms with Crippen molar-refractivity contribution in [2.75, 3.05) is 13.7 Å². The number of hydrogen-bond acceptors (Lipinski definition) is 4. The fourth-order valence-electron chi connectivity index (χ4n) is 3.19. The van der Waals surface area contributed by atoms with E-state index < -0.39 is 0 Å². The van der Waals surface area contributed by atoms with Crippen molar-refractivity contribution in [3.8, 4) is 0 Å². The lowest BCUT2D eigenvalue weighted by atomic mass is 9.88. The van der Waals surface area contributed by atoms with Gasteiger partial charge in [0.1, 0.15) is 0 Å². The van der Waals surface area contributed by atoms with E-state index in [0.717, 1.165) is 31.6 Å². The highest BCUT2D eigenvalue weighted by atomic mass is 16.5. The highest BCUT2D eigenvalue weighted by Gasteiger charge is 2.27. The Kier molecular flexibility index (Phi) is 4.45. The number of nitrogens with zero attached hydrogens (tertiary/aromatic N) is 2. The van der Waals surface area contributed by atoms with E-state index >= 15 is 0 Å². The summed E-state index contributed by atoms with van der Waals surface area (Å²) in [7, 11) is 1.40. The van der Waals surface area contributed by atoms with Crippen molar-refractivity contribution in [3.05, 3.63) is 52.3 Å². The number of rotatable bonds is 3. The third-order valence-electron chi connectivity index (χ3n) is 4.42. The number of fused-ring (bicyclic) bond motifs is 1. The summed E-state index contributed by atoms with van der Waals surface area (Å²) in [6.45, 7) is 9.23. The predicted molar refractivity (Wildman–Crippen MR) is 93.2 cm³/mol. The van der Waals surface area contributed by atoms with Gasteiger partial charge in [0.05, 0.1) is 24.9 Å². The first-order valence-corrected chi connectivity index (χ1v) is 8.37. The van der Waals surface area contributed by atoms with Crippen LogP contribution in [0.4, 0.5) is 0 Å². The molecule has 1 aliphatic heterocycles. The second-order valence-electron chi connectivity index (χ2n) is 7.30. The largest absolute Gasteiger partial charge is 0.465 e. The molecule has 0 aliphatic carbocycles. The molecule has 0 bridgehead atoms. The van der Waals surface area contributed by atoms with Gasteiger partial charge >= 0.3 is 5.97 Å². The Balaban J connectivity index is 1.90. The summed E-state index contributed by atoms with van der Waals surface area (Å²) in [5, 5.41) is 8.37. The summed E-state index contributed by atoms with van der Waals surface area (Å²) in [5.41, 5.74) is 5.59. The molecular weight excluding hydrogens is 302 g/mol. The summed E-state index contributed by atoms with van der Waals surface area (Å²) < 4.78 is 6.88. The topological polar surface area (TPSA) is 56.2 Å². The molecule has 0 saturated heterocycles. The van der Waals surface area contributed by atoms with Crippen LogP contribution in [0.15, 0.2) is 24.3 Å². The number of aromatic nitrogens is 2. The quantitative estimate of drug-likeness (QED) is 0.881. The maximum Gasteiger partial charge on any atom is 0.337 e. The average molecular weight is 327 g/mol. The van der Waals surface area contributed by atoms with Gasteiger partial charge in [-0.3, -0.25) is 4.68 Å². The molecular formula is C19H25N3O2. The van der Waals surface area contributed by atoms with Crippen LogP contribution in [0.5, 0.6) is 0 Å². The minimum absolute atomic E-state index is 0.0308. The lowest BCUT2D eigenvalue weighted by Gasteiger charge is -2.20. The standard InChI is InChI=1S/C19H25N3O2/c1-19(2,3)17-15-11-20-10-9-16(15)22(21-17)12-13-5-7-14(8-6-13)18(23)24-4/h5-8,20H,9-12H2,1-4H3. The first kappa shape index (κ1) is 16.7. The van der Waals surface area contributed by atoms with Gasteiger partial charge in [0.25, 0.3) is 0 Å². The van der Waals surface area contributed by atoms with Crippen molar-refractivity contribution >= 4 is 5.97 Å². The SMILES string of the molecule is COC(=O)c1ccc(Cn2nc(C(C)(C)C)c3c2CCNC3)cc1. The lowest BCUT2D eigenvalue weighted by Crippen LogP contribution is -2.26. The van der Waals surface area contributed by atoms with Crippen LogP contribution < -0.4 is 5.32 Å². The Morgan fingerprint density at radius 3 is 2.62 bits per heavy atom. The number of carbonyl (C=O) groups is 1. The smallest absolute Gasteiger partial charge is 0.337 e. The van der Waals surface area contributed by atoms with Crippen molar-refractivity contribution in [1.82, 2.24) is 15.1 Å². The Morgan fingerprint density at radius 1 is 1.29 bits per heavy atom. The predicted octanol–water partition coefficient (Wildman–Crippen LogP) is 2.66. The molecule has 1 aromatic carbocycles. The number of nitrogens with one attached hydrogen (secondary N) is 1. The fourth-order valence-corrected chi connectivity index (χ4v) is 3.19. The van der Waals surface area contributed by atoms with Crippen molar-refractivity contribution in [2.45, 2.75) is 45.7 Å². The molecule has 24 heavy (non-hydrogen) atoms. The number of methoxy groups -OCH3 is 1. The van der Waals surface area contributed by atoms with Gasteiger partial charge in [-0.15, -0.1) is 0 Å². The number of carbonyl (C=O) groups excluding carboxylic acids is 1. The molecule has 2 heterocycles. The van der Waals surface area contributed by atoms with Gasteiger partial charge in [-0.05, 0) is 17.7 Å². The van der Waals surface area contributed by atoms with Crippen LogP contribution in [0.1, 0.15) is 53.6 Å². The fraction of sp³-hybridized carbons (Fsp3) is 0.474. The summed E-state index contributed by atoms with van der Waals surface area (Å²) in [4.78, 5) is 11.5. The highest BCUT2D eigenvalue weighted by Crippen LogP contribution is 2.29. The molecule has 1 aliphatic rings. The first-order valence-electron chi connectivity index (χ1n) is 8.37. The second kappa shape index (κ2) is 6.40. The van der Waals surface area contributed by atoms with Gasteiger partial charge in [0.15, 0.2) is 0 Å². The third kappa shape index (κ3) is 3.22. The molecule has 128 valence electrons. The monoisotopic (exact) mass is 327 g/mol. The van der Waals surface area contributed by atoms with E-state index in [9.17, 15) is 4.79 Å². The van der Waals surface area contributed by atoms with Crippen LogP contribution in [0.25, 0.3) is 0 Å². The van der Waals surface area contributed by atoms with Crippen LogP contribution in [0.3, 0.4) is 0 Å². The molecule has 0 amide bonds. The number of hydrogen-bond donors (Lipinski definition) is 1. The molecule has 5 nitrogen and oxygen atoms in total. The van der Waals surface area contributed by atoms with Crippen molar-refractivity contribution in [1.29, 1.82) is 0 Å². The van der Waals surface area contributed by atoms with Gasteiger partial charge in [-0.1, -0.05) is 32.9 Å². The summed E-state index contributed by atoms with van der Waals surface area (Å²) in [6, 6.07) is 7.56. The van der Waals surface area contributed by atoms with E-state index in [1.807, 2.05) is 24.3 Å². The normalized spacial score (nSPS) is 14.3. The van der Waals surface area contributed by atoms with E-state index in [0.29, 0.717) is 5.56 Å². The Hall–Kier alpha value is -2.14. The van der Waals surface area contributed by atoms with Gasteiger partial charge in [-0.2, -0.15) is 5.10 Å². The van der Waals surface area contributed by atoms with Crippen LogP contribution >= 0.6 is 0 Å². The molecule has 0 atom stereocenters. The second-order valence-corrected chi connectivity index (χ2v) is 7.30. The molecule has 0 saturated carbocycles. The van der Waals surface area contributed by atoms with Gasteiger partial charge in [-0.25, -0.2) is 4.79 Å². The maximum absolute atomic E-state index is 11.5. The third-order valence-corrected chi connectivity index (χ3v) is 4.42. The van der Waals surface area contributed by atoms with E-state index in [2.05, 4.69) is 30.8 Å².